The van der Waals surface area contributed by atoms with E-state index in [0.717, 1.165) is 32.2 Å². The minimum absolute atomic E-state index is 0.224. The van der Waals surface area contributed by atoms with Crippen LogP contribution in [0.3, 0.4) is 0 Å². The fourth-order valence-electron chi connectivity index (χ4n) is 3.82. The van der Waals surface area contributed by atoms with E-state index < -0.39 is 0 Å². The van der Waals surface area contributed by atoms with Gasteiger partial charge in [0.1, 0.15) is 0 Å². The van der Waals surface area contributed by atoms with Crippen molar-refractivity contribution in [3.05, 3.63) is 0 Å². The molecule has 110 valence electrons. The lowest BCUT2D eigenvalue weighted by Gasteiger charge is -2.38. The van der Waals surface area contributed by atoms with Gasteiger partial charge in [-0.2, -0.15) is 0 Å². The Balaban J connectivity index is 1.88. The van der Waals surface area contributed by atoms with Crippen LogP contribution in [0.1, 0.15) is 71.1 Å². The van der Waals surface area contributed by atoms with Crippen LogP contribution in [-0.4, -0.2) is 19.0 Å². The predicted molar refractivity (Wildman–Crippen MR) is 78.8 cm³/mol. The first-order chi connectivity index (χ1) is 9.10. The molecule has 2 aliphatic rings. The average Bonchev–Trinajstić information content (AvgIpc) is 2.46. The molecule has 2 rings (SSSR count). The van der Waals surface area contributed by atoms with Gasteiger partial charge in [0, 0.05) is 13.1 Å². The molecule has 0 aromatic heterocycles. The Kier molecular flexibility index (Phi) is 4.88. The van der Waals surface area contributed by atoms with E-state index in [9.17, 15) is 4.79 Å². The second kappa shape index (κ2) is 6.25. The molecule has 2 aliphatic carbocycles. The van der Waals surface area contributed by atoms with Gasteiger partial charge in [-0.1, -0.05) is 45.4 Å². The molecule has 2 saturated carbocycles. The van der Waals surface area contributed by atoms with Crippen LogP contribution in [0, 0.1) is 10.8 Å². The highest BCUT2D eigenvalue weighted by Gasteiger charge is 2.39. The van der Waals surface area contributed by atoms with Crippen LogP contribution in [0.2, 0.25) is 0 Å². The highest BCUT2D eigenvalue weighted by molar-refractivity contribution is 5.83. The van der Waals surface area contributed by atoms with Crippen molar-refractivity contribution in [2.45, 2.75) is 71.1 Å². The zero-order chi connectivity index (χ0) is 13.8. The lowest BCUT2D eigenvalue weighted by molar-refractivity contribution is -0.133. The van der Waals surface area contributed by atoms with E-state index in [-0.39, 0.29) is 11.3 Å². The molecular formula is C16H30N2O. The molecule has 0 heterocycles. The van der Waals surface area contributed by atoms with E-state index >= 15 is 0 Å². The summed E-state index contributed by atoms with van der Waals surface area (Å²) in [6.45, 7) is 3.67. The van der Waals surface area contributed by atoms with Crippen LogP contribution in [0.15, 0.2) is 0 Å². The molecule has 3 nitrogen and oxygen atoms in total. The van der Waals surface area contributed by atoms with Crippen molar-refractivity contribution < 1.29 is 4.79 Å². The first-order valence-corrected chi connectivity index (χ1v) is 8.09. The standard InChI is InChI=1S/C16H30N2O/c1-15(8-4-2-5-9-15)13-18-14(19)16(12-17)10-6-3-7-11-16/h2-13,17H2,1H3,(H,18,19). The quantitative estimate of drug-likeness (QED) is 0.822. The molecular weight excluding hydrogens is 236 g/mol. The van der Waals surface area contributed by atoms with Gasteiger partial charge in [-0.3, -0.25) is 4.79 Å². The lowest BCUT2D eigenvalue weighted by atomic mass is 9.72. The molecule has 1 amide bonds. The zero-order valence-corrected chi connectivity index (χ0v) is 12.5. The van der Waals surface area contributed by atoms with Crippen molar-refractivity contribution in [3.63, 3.8) is 0 Å². The third-order valence-electron chi connectivity index (χ3n) is 5.42. The number of nitrogens with two attached hydrogens (primary N) is 1. The van der Waals surface area contributed by atoms with Crippen LogP contribution >= 0.6 is 0 Å². The number of carbonyl (C=O) groups excluding carboxylic acids is 1. The second-order valence-electron chi connectivity index (χ2n) is 7.10. The molecule has 2 fully saturated rings. The monoisotopic (exact) mass is 266 g/mol. The summed E-state index contributed by atoms with van der Waals surface area (Å²) in [4.78, 5) is 12.5. The van der Waals surface area contributed by atoms with Crippen LogP contribution < -0.4 is 11.1 Å². The highest BCUT2D eigenvalue weighted by Crippen LogP contribution is 2.37. The Morgan fingerprint density at radius 1 is 1.00 bits per heavy atom. The van der Waals surface area contributed by atoms with Crippen molar-refractivity contribution >= 4 is 5.91 Å². The smallest absolute Gasteiger partial charge is 0.227 e. The maximum atomic E-state index is 12.5. The van der Waals surface area contributed by atoms with E-state index in [1.807, 2.05) is 0 Å². The molecule has 0 radical (unpaired) electrons. The van der Waals surface area contributed by atoms with Crippen molar-refractivity contribution in [1.82, 2.24) is 5.32 Å². The fourth-order valence-corrected chi connectivity index (χ4v) is 3.82. The number of amides is 1. The van der Waals surface area contributed by atoms with Crippen molar-refractivity contribution in [2.75, 3.05) is 13.1 Å². The van der Waals surface area contributed by atoms with Gasteiger partial charge in [0.05, 0.1) is 5.41 Å². The maximum Gasteiger partial charge on any atom is 0.227 e. The summed E-state index contributed by atoms with van der Waals surface area (Å²) in [7, 11) is 0. The first kappa shape index (κ1) is 14.8. The Morgan fingerprint density at radius 2 is 1.53 bits per heavy atom. The maximum absolute atomic E-state index is 12.5. The minimum atomic E-state index is -0.261. The Bertz CT molecular complexity index is 302. The van der Waals surface area contributed by atoms with Gasteiger partial charge in [0.2, 0.25) is 5.91 Å². The van der Waals surface area contributed by atoms with E-state index in [2.05, 4.69) is 12.2 Å². The van der Waals surface area contributed by atoms with E-state index in [0.29, 0.717) is 12.0 Å². The Labute approximate surface area is 117 Å². The molecule has 0 aromatic rings. The van der Waals surface area contributed by atoms with Gasteiger partial charge < -0.3 is 11.1 Å². The minimum Gasteiger partial charge on any atom is -0.355 e. The average molecular weight is 266 g/mol. The fraction of sp³-hybridized carbons (Fsp3) is 0.938. The summed E-state index contributed by atoms with van der Waals surface area (Å²) in [5.74, 6) is 0.224. The van der Waals surface area contributed by atoms with Crippen LogP contribution in [0.25, 0.3) is 0 Å². The van der Waals surface area contributed by atoms with Crippen LogP contribution in [0.5, 0.6) is 0 Å². The Morgan fingerprint density at radius 3 is 2.05 bits per heavy atom. The highest BCUT2D eigenvalue weighted by atomic mass is 16.2. The number of hydrogen-bond donors (Lipinski definition) is 2. The summed E-state index contributed by atoms with van der Waals surface area (Å²) >= 11 is 0. The van der Waals surface area contributed by atoms with Crippen molar-refractivity contribution in [3.8, 4) is 0 Å². The lowest BCUT2D eigenvalue weighted by Crippen LogP contribution is -2.49. The Hall–Kier alpha value is -0.570. The van der Waals surface area contributed by atoms with Gasteiger partial charge >= 0.3 is 0 Å². The number of hydrogen-bond acceptors (Lipinski definition) is 2. The summed E-state index contributed by atoms with van der Waals surface area (Å²) in [5, 5.41) is 3.24. The number of carbonyl (C=O) groups is 1. The number of nitrogens with one attached hydrogen (secondary N) is 1. The first-order valence-electron chi connectivity index (χ1n) is 8.09. The van der Waals surface area contributed by atoms with Gasteiger partial charge in [-0.25, -0.2) is 0 Å². The van der Waals surface area contributed by atoms with Gasteiger partial charge in [0.25, 0.3) is 0 Å². The molecule has 0 saturated heterocycles. The summed E-state index contributed by atoms with van der Waals surface area (Å²) in [6, 6.07) is 0. The zero-order valence-electron chi connectivity index (χ0n) is 12.5. The third-order valence-corrected chi connectivity index (χ3v) is 5.42. The molecule has 0 atom stereocenters. The summed E-state index contributed by atoms with van der Waals surface area (Å²) in [6.07, 6.45) is 12.0. The van der Waals surface area contributed by atoms with Gasteiger partial charge in [0.15, 0.2) is 0 Å². The van der Waals surface area contributed by atoms with Crippen LogP contribution in [-0.2, 0) is 4.79 Å². The molecule has 0 aromatic carbocycles. The largest absolute Gasteiger partial charge is 0.355 e. The normalized spacial score (nSPS) is 25.8. The SMILES string of the molecule is CC1(CNC(=O)C2(CN)CCCCC2)CCCCC1. The molecule has 0 spiro atoms. The molecule has 19 heavy (non-hydrogen) atoms. The topological polar surface area (TPSA) is 55.1 Å². The molecule has 0 unspecified atom stereocenters. The molecule has 0 bridgehead atoms. The van der Waals surface area contributed by atoms with Crippen molar-refractivity contribution in [2.24, 2.45) is 16.6 Å². The van der Waals surface area contributed by atoms with E-state index in [4.69, 9.17) is 5.73 Å². The molecule has 3 heteroatoms. The number of rotatable bonds is 4. The summed E-state index contributed by atoms with van der Waals surface area (Å²) < 4.78 is 0. The van der Waals surface area contributed by atoms with Crippen molar-refractivity contribution in [1.29, 1.82) is 0 Å². The van der Waals surface area contributed by atoms with Gasteiger partial charge in [-0.15, -0.1) is 0 Å². The predicted octanol–water partition coefficient (Wildman–Crippen LogP) is 2.98. The van der Waals surface area contributed by atoms with E-state index in [1.165, 1.54) is 38.5 Å². The molecule has 3 N–H and O–H groups in total. The van der Waals surface area contributed by atoms with Crippen LogP contribution in [0.4, 0.5) is 0 Å². The summed E-state index contributed by atoms with van der Waals surface area (Å²) in [5.41, 5.74) is 5.98. The third kappa shape index (κ3) is 3.50. The van der Waals surface area contributed by atoms with E-state index in [1.54, 1.807) is 0 Å². The van der Waals surface area contributed by atoms with Gasteiger partial charge in [-0.05, 0) is 31.1 Å². The second-order valence-corrected chi connectivity index (χ2v) is 7.10. The molecule has 0 aliphatic heterocycles.